The van der Waals surface area contributed by atoms with E-state index in [-0.39, 0.29) is 5.91 Å². The number of aryl methyl sites for hydroxylation is 2. The summed E-state index contributed by atoms with van der Waals surface area (Å²) in [6.07, 6.45) is 0. The standard InChI is InChI=1S/C12H13NOS/c1-7-8(2)15-11-9(7)5-4-6-10(11)12(14)13-3/h4-6H,1-3H3,(H,13,14). The Morgan fingerprint density at radius 2 is 2.07 bits per heavy atom. The van der Waals surface area contributed by atoms with Crippen LogP contribution in [0.1, 0.15) is 20.8 Å². The van der Waals surface area contributed by atoms with Crippen molar-refractivity contribution in [3.63, 3.8) is 0 Å². The fourth-order valence-corrected chi connectivity index (χ4v) is 2.85. The van der Waals surface area contributed by atoms with Gasteiger partial charge in [0.1, 0.15) is 0 Å². The summed E-state index contributed by atoms with van der Waals surface area (Å²) < 4.78 is 1.09. The smallest absolute Gasteiger partial charge is 0.252 e. The number of rotatable bonds is 1. The van der Waals surface area contributed by atoms with E-state index in [1.54, 1.807) is 18.4 Å². The fourth-order valence-electron chi connectivity index (χ4n) is 1.68. The maximum atomic E-state index is 11.6. The summed E-state index contributed by atoms with van der Waals surface area (Å²) in [6, 6.07) is 5.88. The first-order valence-corrected chi connectivity index (χ1v) is 5.67. The minimum atomic E-state index is -0.0122. The molecule has 0 bridgehead atoms. The van der Waals surface area contributed by atoms with Crippen molar-refractivity contribution >= 4 is 27.3 Å². The van der Waals surface area contributed by atoms with Gasteiger partial charge in [-0.3, -0.25) is 4.79 Å². The van der Waals surface area contributed by atoms with Crippen LogP contribution in [0.2, 0.25) is 0 Å². The number of nitrogens with one attached hydrogen (secondary N) is 1. The molecule has 0 atom stereocenters. The highest BCUT2D eigenvalue weighted by molar-refractivity contribution is 7.19. The Hall–Kier alpha value is -1.35. The predicted molar refractivity (Wildman–Crippen MR) is 64.7 cm³/mol. The largest absolute Gasteiger partial charge is 0.355 e. The highest BCUT2D eigenvalue weighted by Gasteiger charge is 2.12. The second kappa shape index (κ2) is 3.66. The van der Waals surface area contributed by atoms with E-state index in [9.17, 15) is 4.79 Å². The molecule has 0 aliphatic carbocycles. The Balaban J connectivity index is 2.77. The first kappa shape index (κ1) is 10.2. The zero-order valence-corrected chi connectivity index (χ0v) is 9.87. The van der Waals surface area contributed by atoms with Gasteiger partial charge in [-0.2, -0.15) is 0 Å². The number of benzene rings is 1. The molecule has 0 spiro atoms. The molecule has 1 N–H and O–H groups in total. The molecule has 0 saturated heterocycles. The van der Waals surface area contributed by atoms with Crippen molar-refractivity contribution in [3.05, 3.63) is 34.2 Å². The van der Waals surface area contributed by atoms with E-state index < -0.39 is 0 Å². The summed E-state index contributed by atoms with van der Waals surface area (Å²) in [5, 5.41) is 3.86. The lowest BCUT2D eigenvalue weighted by Crippen LogP contribution is -2.17. The second-order valence-electron chi connectivity index (χ2n) is 3.54. The molecule has 1 aromatic carbocycles. The number of hydrogen-bond donors (Lipinski definition) is 1. The molecule has 15 heavy (non-hydrogen) atoms. The molecule has 0 aliphatic rings. The minimum Gasteiger partial charge on any atom is -0.355 e. The highest BCUT2D eigenvalue weighted by Crippen LogP contribution is 2.32. The summed E-state index contributed by atoms with van der Waals surface area (Å²) >= 11 is 1.69. The van der Waals surface area contributed by atoms with Crippen molar-refractivity contribution in [2.24, 2.45) is 0 Å². The molecule has 2 nitrogen and oxygen atoms in total. The van der Waals surface area contributed by atoms with Gasteiger partial charge < -0.3 is 5.32 Å². The third-order valence-corrected chi connectivity index (χ3v) is 3.93. The number of thiophene rings is 1. The van der Waals surface area contributed by atoms with Gasteiger partial charge in [0.25, 0.3) is 5.91 Å². The zero-order valence-electron chi connectivity index (χ0n) is 9.05. The van der Waals surface area contributed by atoms with Gasteiger partial charge in [-0.15, -0.1) is 11.3 Å². The van der Waals surface area contributed by atoms with Crippen LogP contribution >= 0.6 is 11.3 Å². The second-order valence-corrected chi connectivity index (χ2v) is 4.77. The zero-order chi connectivity index (χ0) is 11.0. The molecule has 3 heteroatoms. The Labute approximate surface area is 92.9 Å². The van der Waals surface area contributed by atoms with E-state index >= 15 is 0 Å². The number of hydrogen-bond acceptors (Lipinski definition) is 2. The molecule has 1 amide bonds. The SMILES string of the molecule is CNC(=O)c1cccc2c(C)c(C)sc12. The van der Waals surface area contributed by atoms with Crippen molar-refractivity contribution in [2.45, 2.75) is 13.8 Å². The molecule has 2 aromatic rings. The lowest BCUT2D eigenvalue weighted by Gasteiger charge is -2.00. The van der Waals surface area contributed by atoms with Gasteiger partial charge in [0.2, 0.25) is 0 Å². The van der Waals surface area contributed by atoms with E-state index in [2.05, 4.69) is 25.2 Å². The van der Waals surface area contributed by atoms with Gasteiger partial charge in [-0.1, -0.05) is 12.1 Å². The van der Waals surface area contributed by atoms with Crippen LogP contribution < -0.4 is 5.32 Å². The third kappa shape index (κ3) is 1.53. The predicted octanol–water partition coefficient (Wildman–Crippen LogP) is 2.88. The van der Waals surface area contributed by atoms with Crippen LogP contribution in [0.3, 0.4) is 0 Å². The average molecular weight is 219 g/mol. The Morgan fingerprint density at radius 3 is 2.73 bits per heavy atom. The summed E-state index contributed by atoms with van der Waals surface area (Å²) in [5.74, 6) is -0.0122. The number of carbonyl (C=O) groups is 1. The van der Waals surface area contributed by atoms with Gasteiger partial charge >= 0.3 is 0 Å². The summed E-state index contributed by atoms with van der Waals surface area (Å²) in [7, 11) is 1.66. The molecule has 0 aliphatic heterocycles. The molecule has 0 fully saturated rings. The van der Waals surface area contributed by atoms with Crippen LogP contribution in [0.5, 0.6) is 0 Å². The highest BCUT2D eigenvalue weighted by atomic mass is 32.1. The minimum absolute atomic E-state index is 0.0122. The van der Waals surface area contributed by atoms with Crippen LogP contribution in [0, 0.1) is 13.8 Å². The van der Waals surface area contributed by atoms with Gasteiger partial charge in [0.05, 0.1) is 5.56 Å². The van der Waals surface area contributed by atoms with E-state index in [0.717, 1.165) is 10.3 Å². The Morgan fingerprint density at radius 1 is 1.33 bits per heavy atom. The van der Waals surface area contributed by atoms with Gasteiger partial charge in [0.15, 0.2) is 0 Å². The van der Waals surface area contributed by atoms with E-state index in [1.807, 2.05) is 12.1 Å². The first-order chi connectivity index (χ1) is 7.15. The van der Waals surface area contributed by atoms with E-state index in [0.29, 0.717) is 0 Å². The maximum absolute atomic E-state index is 11.6. The monoisotopic (exact) mass is 219 g/mol. The summed E-state index contributed by atoms with van der Waals surface area (Å²) in [6.45, 7) is 4.19. The molecule has 2 rings (SSSR count). The van der Waals surface area contributed by atoms with Crippen LogP contribution in [-0.2, 0) is 0 Å². The molecule has 0 saturated carbocycles. The van der Waals surface area contributed by atoms with E-state index in [4.69, 9.17) is 0 Å². The van der Waals surface area contributed by atoms with Crippen molar-refractivity contribution in [2.75, 3.05) is 7.05 Å². The van der Waals surface area contributed by atoms with Crippen molar-refractivity contribution in [1.82, 2.24) is 5.32 Å². The lowest BCUT2D eigenvalue weighted by molar-refractivity contribution is 0.0965. The molecule has 1 aromatic heterocycles. The van der Waals surface area contributed by atoms with Crippen LogP contribution in [0.4, 0.5) is 0 Å². The molecule has 1 heterocycles. The number of fused-ring (bicyclic) bond motifs is 1. The Bertz CT molecular complexity index is 528. The van der Waals surface area contributed by atoms with Crippen molar-refractivity contribution in [1.29, 1.82) is 0 Å². The quantitative estimate of drug-likeness (QED) is 0.785. The topological polar surface area (TPSA) is 29.1 Å². The van der Waals surface area contributed by atoms with Gasteiger partial charge in [-0.05, 0) is 30.9 Å². The summed E-state index contributed by atoms with van der Waals surface area (Å²) in [4.78, 5) is 12.9. The van der Waals surface area contributed by atoms with Crippen LogP contribution in [0.15, 0.2) is 18.2 Å². The van der Waals surface area contributed by atoms with Crippen molar-refractivity contribution in [3.8, 4) is 0 Å². The first-order valence-electron chi connectivity index (χ1n) is 4.86. The maximum Gasteiger partial charge on any atom is 0.252 e. The number of carbonyl (C=O) groups excluding carboxylic acids is 1. The molecule has 0 radical (unpaired) electrons. The average Bonchev–Trinajstić information content (AvgIpc) is 2.54. The lowest BCUT2D eigenvalue weighted by atomic mass is 10.1. The molecular formula is C12H13NOS. The molecular weight excluding hydrogens is 206 g/mol. The Kier molecular flexibility index (Phi) is 2.49. The van der Waals surface area contributed by atoms with E-state index in [1.165, 1.54) is 15.8 Å². The summed E-state index contributed by atoms with van der Waals surface area (Å²) in [5.41, 5.74) is 2.05. The van der Waals surface area contributed by atoms with Crippen LogP contribution in [-0.4, -0.2) is 13.0 Å². The molecule has 0 unspecified atom stereocenters. The normalized spacial score (nSPS) is 10.6. The van der Waals surface area contributed by atoms with Gasteiger partial charge in [0, 0.05) is 16.6 Å². The number of amides is 1. The van der Waals surface area contributed by atoms with Gasteiger partial charge in [-0.25, -0.2) is 0 Å². The van der Waals surface area contributed by atoms with Crippen molar-refractivity contribution < 1.29 is 4.79 Å². The van der Waals surface area contributed by atoms with Crippen LogP contribution in [0.25, 0.3) is 10.1 Å². The third-order valence-electron chi connectivity index (χ3n) is 2.67. The fraction of sp³-hybridized carbons (Fsp3) is 0.250. The molecule has 78 valence electrons.